The summed E-state index contributed by atoms with van der Waals surface area (Å²) in [5.74, 6) is -0.0268. The number of thioether (sulfide) groups is 1. The van der Waals surface area contributed by atoms with E-state index >= 15 is 0 Å². The number of aryl methyl sites for hydroxylation is 2. The lowest BCUT2D eigenvalue weighted by molar-refractivity contribution is -0.133. The lowest BCUT2D eigenvalue weighted by Gasteiger charge is -2.12. The zero-order chi connectivity index (χ0) is 14.5. The minimum absolute atomic E-state index is 0.0177. The van der Waals surface area contributed by atoms with Crippen LogP contribution in [0.15, 0.2) is 29.4 Å². The fraction of sp³-hybridized carbons (Fsp3) is 0.357. The van der Waals surface area contributed by atoms with Gasteiger partial charge in [0.05, 0.1) is 11.4 Å². The standard InChI is InChI=1S/C14H17N3O2S/c1-3-10-7-5-6-8-11(10)17-12(4-2)15-16-14(17)20-9-13(18)19/h5-8H,3-4,9H2,1-2H3,(H,18,19). The summed E-state index contributed by atoms with van der Waals surface area (Å²) in [5.41, 5.74) is 2.23. The minimum atomic E-state index is -0.855. The minimum Gasteiger partial charge on any atom is -0.481 e. The molecule has 6 heteroatoms. The zero-order valence-electron chi connectivity index (χ0n) is 11.5. The Balaban J connectivity index is 2.47. The van der Waals surface area contributed by atoms with Gasteiger partial charge in [-0.2, -0.15) is 0 Å². The Morgan fingerprint density at radius 3 is 2.65 bits per heavy atom. The van der Waals surface area contributed by atoms with Gasteiger partial charge in [-0.3, -0.25) is 9.36 Å². The van der Waals surface area contributed by atoms with E-state index in [-0.39, 0.29) is 5.75 Å². The van der Waals surface area contributed by atoms with E-state index in [2.05, 4.69) is 23.2 Å². The number of hydrogen-bond donors (Lipinski definition) is 1. The van der Waals surface area contributed by atoms with Crippen molar-refractivity contribution in [1.82, 2.24) is 14.8 Å². The van der Waals surface area contributed by atoms with Crippen LogP contribution in [0, 0.1) is 0 Å². The third kappa shape index (κ3) is 3.01. The topological polar surface area (TPSA) is 68.0 Å². The van der Waals surface area contributed by atoms with Crippen molar-refractivity contribution < 1.29 is 9.90 Å². The van der Waals surface area contributed by atoms with Crippen LogP contribution in [0.1, 0.15) is 25.2 Å². The highest BCUT2D eigenvalue weighted by Crippen LogP contribution is 2.24. The van der Waals surface area contributed by atoms with Gasteiger partial charge in [0.25, 0.3) is 0 Å². The summed E-state index contributed by atoms with van der Waals surface area (Å²) in [5, 5.41) is 17.7. The Kier molecular flexibility index (Phi) is 4.79. The molecule has 2 rings (SSSR count). The third-order valence-corrected chi connectivity index (χ3v) is 3.87. The highest BCUT2D eigenvalue weighted by molar-refractivity contribution is 7.99. The fourth-order valence-corrected chi connectivity index (χ4v) is 2.70. The van der Waals surface area contributed by atoms with Gasteiger partial charge in [0.1, 0.15) is 5.82 Å². The molecule has 0 saturated carbocycles. The van der Waals surface area contributed by atoms with Crippen molar-refractivity contribution in [2.75, 3.05) is 5.75 Å². The molecule has 1 heterocycles. The number of aromatic nitrogens is 3. The molecular weight excluding hydrogens is 274 g/mol. The summed E-state index contributed by atoms with van der Waals surface area (Å²) < 4.78 is 1.96. The molecule has 2 aromatic rings. The number of rotatable bonds is 6. The van der Waals surface area contributed by atoms with Crippen LogP contribution in [-0.2, 0) is 17.6 Å². The average Bonchev–Trinajstić information content (AvgIpc) is 2.87. The van der Waals surface area contributed by atoms with Gasteiger partial charge in [0.2, 0.25) is 0 Å². The SMILES string of the molecule is CCc1ccccc1-n1c(CC)nnc1SCC(=O)O. The molecule has 0 aliphatic carbocycles. The number of aliphatic carboxylic acids is 1. The van der Waals surface area contributed by atoms with Crippen LogP contribution in [0.4, 0.5) is 0 Å². The van der Waals surface area contributed by atoms with Gasteiger partial charge < -0.3 is 5.11 Å². The Bertz CT molecular complexity index is 610. The van der Waals surface area contributed by atoms with E-state index in [1.54, 1.807) is 0 Å². The number of para-hydroxylation sites is 1. The van der Waals surface area contributed by atoms with Crippen molar-refractivity contribution in [2.45, 2.75) is 31.8 Å². The van der Waals surface area contributed by atoms with E-state index in [9.17, 15) is 4.79 Å². The van der Waals surface area contributed by atoms with Crippen LogP contribution < -0.4 is 0 Å². The largest absolute Gasteiger partial charge is 0.481 e. The molecule has 0 saturated heterocycles. The number of carboxylic acid groups (broad SMARTS) is 1. The average molecular weight is 291 g/mol. The molecule has 0 spiro atoms. The van der Waals surface area contributed by atoms with E-state index in [1.165, 1.54) is 17.3 Å². The lowest BCUT2D eigenvalue weighted by Crippen LogP contribution is -2.06. The predicted octanol–water partition coefficient (Wildman–Crippen LogP) is 2.57. The first-order valence-electron chi connectivity index (χ1n) is 6.54. The van der Waals surface area contributed by atoms with E-state index in [0.29, 0.717) is 5.16 Å². The molecule has 0 aliphatic heterocycles. The van der Waals surface area contributed by atoms with Crippen molar-refractivity contribution in [3.63, 3.8) is 0 Å². The smallest absolute Gasteiger partial charge is 0.313 e. The van der Waals surface area contributed by atoms with Gasteiger partial charge >= 0.3 is 5.97 Å². The Morgan fingerprint density at radius 2 is 2.00 bits per heavy atom. The molecule has 0 amide bonds. The van der Waals surface area contributed by atoms with E-state index in [0.717, 1.165) is 24.4 Å². The fourth-order valence-electron chi connectivity index (χ4n) is 2.02. The van der Waals surface area contributed by atoms with Crippen molar-refractivity contribution >= 4 is 17.7 Å². The maximum absolute atomic E-state index is 10.7. The molecule has 1 N–H and O–H groups in total. The first-order chi connectivity index (χ1) is 9.67. The first kappa shape index (κ1) is 14.6. The monoisotopic (exact) mass is 291 g/mol. The van der Waals surface area contributed by atoms with Crippen molar-refractivity contribution in [3.05, 3.63) is 35.7 Å². The third-order valence-electron chi connectivity index (χ3n) is 2.95. The summed E-state index contributed by atoms with van der Waals surface area (Å²) in [7, 11) is 0. The molecule has 106 valence electrons. The number of benzene rings is 1. The maximum Gasteiger partial charge on any atom is 0.313 e. The van der Waals surface area contributed by atoms with Gasteiger partial charge in [-0.15, -0.1) is 10.2 Å². The van der Waals surface area contributed by atoms with Crippen LogP contribution in [0.3, 0.4) is 0 Å². The number of hydrogen-bond acceptors (Lipinski definition) is 4. The van der Waals surface area contributed by atoms with Gasteiger partial charge in [-0.1, -0.05) is 43.8 Å². The van der Waals surface area contributed by atoms with Gasteiger partial charge in [-0.05, 0) is 18.1 Å². The predicted molar refractivity (Wildman–Crippen MR) is 78.5 cm³/mol. The van der Waals surface area contributed by atoms with Crippen LogP contribution >= 0.6 is 11.8 Å². The van der Waals surface area contributed by atoms with Gasteiger partial charge in [0, 0.05) is 6.42 Å². The number of nitrogens with zero attached hydrogens (tertiary/aromatic N) is 3. The second-order valence-corrected chi connectivity index (χ2v) is 5.19. The molecule has 0 unspecified atom stereocenters. The van der Waals surface area contributed by atoms with E-state index < -0.39 is 5.97 Å². The molecule has 0 atom stereocenters. The number of carbonyl (C=O) groups is 1. The summed E-state index contributed by atoms with van der Waals surface area (Å²) in [6.45, 7) is 4.11. The molecular formula is C14H17N3O2S. The Hall–Kier alpha value is -1.82. The molecule has 1 aromatic heterocycles. The van der Waals surface area contributed by atoms with Crippen molar-refractivity contribution in [2.24, 2.45) is 0 Å². The van der Waals surface area contributed by atoms with Gasteiger partial charge in [-0.25, -0.2) is 0 Å². The quantitative estimate of drug-likeness (QED) is 0.828. The molecule has 0 radical (unpaired) electrons. The van der Waals surface area contributed by atoms with Crippen molar-refractivity contribution in [1.29, 1.82) is 0 Å². The summed E-state index contributed by atoms with van der Waals surface area (Å²) in [6.07, 6.45) is 1.65. The van der Waals surface area contributed by atoms with Crippen LogP contribution in [0.25, 0.3) is 5.69 Å². The highest BCUT2D eigenvalue weighted by atomic mass is 32.2. The highest BCUT2D eigenvalue weighted by Gasteiger charge is 2.16. The summed E-state index contributed by atoms with van der Waals surface area (Å²) in [4.78, 5) is 10.7. The molecule has 0 aliphatic rings. The van der Waals surface area contributed by atoms with Crippen LogP contribution in [0.2, 0.25) is 0 Å². The zero-order valence-corrected chi connectivity index (χ0v) is 12.4. The molecule has 0 fully saturated rings. The molecule has 0 bridgehead atoms. The molecule has 1 aromatic carbocycles. The maximum atomic E-state index is 10.7. The normalized spacial score (nSPS) is 10.7. The first-order valence-corrected chi connectivity index (χ1v) is 7.53. The van der Waals surface area contributed by atoms with Crippen LogP contribution in [-0.4, -0.2) is 31.6 Å². The second-order valence-electron chi connectivity index (χ2n) is 4.25. The Morgan fingerprint density at radius 1 is 1.25 bits per heavy atom. The van der Waals surface area contributed by atoms with Gasteiger partial charge in [0.15, 0.2) is 5.16 Å². The molecule has 5 nitrogen and oxygen atoms in total. The summed E-state index contributed by atoms with van der Waals surface area (Å²) in [6, 6.07) is 8.06. The second kappa shape index (κ2) is 6.56. The molecule has 20 heavy (non-hydrogen) atoms. The summed E-state index contributed by atoms with van der Waals surface area (Å²) >= 11 is 1.20. The van der Waals surface area contributed by atoms with Crippen molar-refractivity contribution in [3.8, 4) is 5.69 Å². The number of carboxylic acids is 1. The van der Waals surface area contributed by atoms with E-state index in [1.807, 2.05) is 29.7 Å². The van der Waals surface area contributed by atoms with Crippen LogP contribution in [0.5, 0.6) is 0 Å². The Labute approximate surface area is 122 Å². The van der Waals surface area contributed by atoms with E-state index in [4.69, 9.17) is 5.11 Å². The lowest BCUT2D eigenvalue weighted by atomic mass is 10.1.